The molecule has 0 fully saturated rings. The highest BCUT2D eigenvalue weighted by Crippen LogP contribution is 2.24. The van der Waals surface area contributed by atoms with E-state index in [9.17, 15) is 0 Å². The molecular formula is C14H18BrN5. The van der Waals surface area contributed by atoms with E-state index in [0.717, 1.165) is 27.4 Å². The maximum absolute atomic E-state index is 5.45. The highest BCUT2D eigenvalue weighted by molar-refractivity contribution is 9.10. The van der Waals surface area contributed by atoms with E-state index in [4.69, 9.17) is 5.84 Å². The number of benzene rings is 1. The van der Waals surface area contributed by atoms with Crippen LogP contribution in [-0.4, -0.2) is 9.97 Å². The van der Waals surface area contributed by atoms with Gasteiger partial charge >= 0.3 is 0 Å². The zero-order chi connectivity index (χ0) is 14.7. The van der Waals surface area contributed by atoms with Crippen molar-refractivity contribution in [3.05, 3.63) is 40.1 Å². The number of hydrazine groups is 1. The molecule has 0 bridgehead atoms. The normalized spacial score (nSPS) is 10.7. The van der Waals surface area contributed by atoms with Crippen molar-refractivity contribution in [2.24, 2.45) is 5.84 Å². The molecule has 2 rings (SSSR count). The Morgan fingerprint density at radius 3 is 2.45 bits per heavy atom. The van der Waals surface area contributed by atoms with E-state index in [-0.39, 0.29) is 5.92 Å². The minimum atomic E-state index is 0.232. The van der Waals surface area contributed by atoms with Gasteiger partial charge in [0.2, 0.25) is 0 Å². The van der Waals surface area contributed by atoms with Gasteiger partial charge in [0, 0.05) is 22.1 Å². The molecular weight excluding hydrogens is 318 g/mol. The van der Waals surface area contributed by atoms with Crippen molar-refractivity contribution in [1.29, 1.82) is 0 Å². The molecule has 2 aromatic rings. The number of nitrogens with one attached hydrogen (secondary N) is 2. The Morgan fingerprint density at radius 2 is 1.85 bits per heavy atom. The van der Waals surface area contributed by atoms with Gasteiger partial charge in [0.1, 0.15) is 17.5 Å². The molecule has 1 aromatic heterocycles. The standard InChI is InChI=1S/C14H18BrN5/c1-8(2)14-18-12(7-13(19-14)20-16)17-10-4-5-11(15)9(3)6-10/h4-8H,16H2,1-3H3,(H2,17,18,19,20). The van der Waals surface area contributed by atoms with Crippen molar-refractivity contribution in [2.75, 3.05) is 10.7 Å². The van der Waals surface area contributed by atoms with E-state index in [1.165, 1.54) is 0 Å². The van der Waals surface area contributed by atoms with Crippen molar-refractivity contribution in [3.63, 3.8) is 0 Å². The molecule has 0 saturated heterocycles. The number of rotatable bonds is 4. The molecule has 0 saturated carbocycles. The summed E-state index contributed by atoms with van der Waals surface area (Å²) in [6, 6.07) is 7.83. The van der Waals surface area contributed by atoms with Crippen LogP contribution in [0.5, 0.6) is 0 Å². The van der Waals surface area contributed by atoms with Gasteiger partial charge in [0.25, 0.3) is 0 Å². The molecule has 6 heteroatoms. The van der Waals surface area contributed by atoms with Crippen molar-refractivity contribution in [2.45, 2.75) is 26.7 Å². The number of aromatic nitrogens is 2. The van der Waals surface area contributed by atoms with Crippen molar-refractivity contribution in [1.82, 2.24) is 9.97 Å². The summed E-state index contributed by atoms with van der Waals surface area (Å²) in [6.45, 7) is 6.13. The quantitative estimate of drug-likeness (QED) is 0.586. The summed E-state index contributed by atoms with van der Waals surface area (Å²) < 4.78 is 1.08. The van der Waals surface area contributed by atoms with E-state index in [0.29, 0.717) is 5.82 Å². The maximum Gasteiger partial charge on any atom is 0.145 e. The molecule has 20 heavy (non-hydrogen) atoms. The first-order valence-electron chi connectivity index (χ1n) is 6.38. The fourth-order valence-corrected chi connectivity index (χ4v) is 1.98. The second-order valence-corrected chi connectivity index (χ2v) is 5.74. The van der Waals surface area contributed by atoms with Crippen LogP contribution in [0.25, 0.3) is 0 Å². The Bertz CT molecular complexity index is 613. The number of nitrogen functional groups attached to an aromatic ring is 1. The third-order valence-electron chi connectivity index (χ3n) is 2.84. The number of anilines is 3. The number of aryl methyl sites for hydroxylation is 1. The Balaban J connectivity index is 2.32. The third kappa shape index (κ3) is 3.46. The molecule has 0 aliphatic rings. The smallest absolute Gasteiger partial charge is 0.145 e. The summed E-state index contributed by atoms with van der Waals surface area (Å²) in [5.41, 5.74) is 4.70. The minimum absolute atomic E-state index is 0.232. The molecule has 0 amide bonds. The highest BCUT2D eigenvalue weighted by Gasteiger charge is 2.08. The number of hydrogen-bond donors (Lipinski definition) is 3. The summed E-state index contributed by atoms with van der Waals surface area (Å²) in [7, 11) is 0. The van der Waals surface area contributed by atoms with Crippen LogP contribution in [0.15, 0.2) is 28.7 Å². The third-order valence-corrected chi connectivity index (χ3v) is 3.73. The number of nitrogens with zero attached hydrogens (tertiary/aromatic N) is 2. The number of hydrogen-bond acceptors (Lipinski definition) is 5. The molecule has 106 valence electrons. The van der Waals surface area contributed by atoms with Crippen LogP contribution in [0, 0.1) is 6.92 Å². The molecule has 4 N–H and O–H groups in total. The molecule has 1 aromatic carbocycles. The lowest BCUT2D eigenvalue weighted by Gasteiger charge is -2.12. The molecule has 0 radical (unpaired) electrons. The topological polar surface area (TPSA) is 75.9 Å². The van der Waals surface area contributed by atoms with Crippen molar-refractivity contribution < 1.29 is 0 Å². The van der Waals surface area contributed by atoms with Crippen LogP contribution in [0.2, 0.25) is 0 Å². The first-order chi connectivity index (χ1) is 9.49. The molecule has 0 aliphatic carbocycles. The average molecular weight is 336 g/mol. The van der Waals surface area contributed by atoms with Gasteiger partial charge in [0.15, 0.2) is 0 Å². The van der Waals surface area contributed by atoms with Crippen molar-refractivity contribution >= 4 is 33.3 Å². The van der Waals surface area contributed by atoms with Gasteiger partial charge < -0.3 is 10.7 Å². The Morgan fingerprint density at radius 1 is 1.15 bits per heavy atom. The molecule has 0 spiro atoms. The lowest BCUT2D eigenvalue weighted by molar-refractivity contribution is 0.777. The van der Waals surface area contributed by atoms with Crippen LogP contribution in [0.4, 0.5) is 17.3 Å². The number of halogens is 1. The second-order valence-electron chi connectivity index (χ2n) is 4.88. The first kappa shape index (κ1) is 14.7. The largest absolute Gasteiger partial charge is 0.340 e. The molecule has 1 heterocycles. The van der Waals surface area contributed by atoms with Gasteiger partial charge in [-0.1, -0.05) is 29.8 Å². The predicted molar refractivity (Wildman–Crippen MR) is 86.1 cm³/mol. The lowest BCUT2D eigenvalue weighted by atomic mass is 10.2. The fraction of sp³-hybridized carbons (Fsp3) is 0.286. The van der Waals surface area contributed by atoms with E-state index >= 15 is 0 Å². The summed E-state index contributed by atoms with van der Waals surface area (Å²) in [5, 5.41) is 3.27. The average Bonchev–Trinajstić information content (AvgIpc) is 2.42. The zero-order valence-corrected chi connectivity index (χ0v) is 13.3. The minimum Gasteiger partial charge on any atom is -0.340 e. The summed E-state index contributed by atoms with van der Waals surface area (Å²) in [6.07, 6.45) is 0. The van der Waals surface area contributed by atoms with E-state index in [2.05, 4.69) is 42.7 Å². The van der Waals surface area contributed by atoms with Crippen LogP contribution in [-0.2, 0) is 0 Å². The van der Waals surface area contributed by atoms with Crippen molar-refractivity contribution in [3.8, 4) is 0 Å². The van der Waals surface area contributed by atoms with Gasteiger partial charge in [-0.15, -0.1) is 0 Å². The van der Waals surface area contributed by atoms with Crippen LogP contribution >= 0.6 is 15.9 Å². The summed E-state index contributed by atoms with van der Waals surface area (Å²) >= 11 is 3.49. The van der Waals surface area contributed by atoms with E-state index in [1.54, 1.807) is 6.07 Å². The molecule has 0 aliphatic heterocycles. The van der Waals surface area contributed by atoms with Crippen LogP contribution in [0.1, 0.15) is 31.2 Å². The summed E-state index contributed by atoms with van der Waals surface area (Å²) in [4.78, 5) is 8.83. The SMILES string of the molecule is Cc1cc(Nc2cc(NN)nc(C(C)C)n2)ccc1Br. The first-order valence-corrected chi connectivity index (χ1v) is 7.17. The maximum atomic E-state index is 5.45. The summed E-state index contributed by atoms with van der Waals surface area (Å²) in [5.74, 6) is 7.75. The fourth-order valence-electron chi connectivity index (χ4n) is 1.73. The molecule has 0 atom stereocenters. The molecule has 0 unspecified atom stereocenters. The Labute approximate surface area is 127 Å². The molecule has 5 nitrogen and oxygen atoms in total. The van der Waals surface area contributed by atoms with Gasteiger partial charge in [0.05, 0.1) is 0 Å². The van der Waals surface area contributed by atoms with Gasteiger partial charge in [-0.05, 0) is 30.7 Å². The van der Waals surface area contributed by atoms with Gasteiger partial charge in [-0.2, -0.15) is 0 Å². The van der Waals surface area contributed by atoms with Gasteiger partial charge in [-0.25, -0.2) is 15.8 Å². The highest BCUT2D eigenvalue weighted by atomic mass is 79.9. The second kappa shape index (κ2) is 6.19. The van der Waals surface area contributed by atoms with Crippen LogP contribution in [0.3, 0.4) is 0 Å². The predicted octanol–water partition coefficient (Wildman–Crippen LogP) is 3.70. The Kier molecular flexibility index (Phi) is 4.57. The monoisotopic (exact) mass is 335 g/mol. The van der Waals surface area contributed by atoms with E-state index < -0.39 is 0 Å². The zero-order valence-electron chi connectivity index (χ0n) is 11.7. The van der Waals surface area contributed by atoms with Gasteiger partial charge in [-0.3, -0.25) is 0 Å². The Hall–Kier alpha value is -1.66. The number of nitrogens with two attached hydrogens (primary N) is 1. The van der Waals surface area contributed by atoms with Crippen LogP contribution < -0.4 is 16.6 Å². The van der Waals surface area contributed by atoms with E-state index in [1.807, 2.05) is 32.9 Å². The lowest BCUT2D eigenvalue weighted by Crippen LogP contribution is -2.12.